The minimum absolute atomic E-state index is 0.00702. The SMILES string of the molecule is O=C1CC[C@H]([C@H](O)CO)N1Cc1ccccc1Cl. The quantitative estimate of drug-likeness (QED) is 0.863. The molecule has 0 aliphatic carbocycles. The Morgan fingerprint density at radius 1 is 1.44 bits per heavy atom. The number of hydrogen-bond donors (Lipinski definition) is 2. The molecule has 0 aromatic heterocycles. The van der Waals surface area contributed by atoms with Gasteiger partial charge in [-0.15, -0.1) is 0 Å². The predicted molar refractivity (Wildman–Crippen MR) is 68.1 cm³/mol. The van der Waals surface area contributed by atoms with Gasteiger partial charge in [0.2, 0.25) is 5.91 Å². The summed E-state index contributed by atoms with van der Waals surface area (Å²) in [7, 11) is 0. The Morgan fingerprint density at radius 2 is 2.17 bits per heavy atom. The second kappa shape index (κ2) is 5.69. The lowest BCUT2D eigenvalue weighted by molar-refractivity contribution is -0.131. The van der Waals surface area contributed by atoms with E-state index in [2.05, 4.69) is 0 Å². The van der Waals surface area contributed by atoms with Gasteiger partial charge in [0.1, 0.15) is 0 Å². The maximum atomic E-state index is 11.8. The van der Waals surface area contributed by atoms with E-state index in [0.717, 1.165) is 5.56 Å². The van der Waals surface area contributed by atoms with Crippen LogP contribution in [0.5, 0.6) is 0 Å². The summed E-state index contributed by atoms with van der Waals surface area (Å²) in [6.45, 7) is 0.0389. The molecule has 0 unspecified atom stereocenters. The normalized spacial score (nSPS) is 21.4. The van der Waals surface area contributed by atoms with Gasteiger partial charge in [0.05, 0.1) is 18.8 Å². The molecule has 0 spiro atoms. The minimum Gasteiger partial charge on any atom is -0.394 e. The van der Waals surface area contributed by atoms with Gasteiger partial charge in [-0.05, 0) is 18.1 Å². The summed E-state index contributed by atoms with van der Waals surface area (Å²) in [4.78, 5) is 13.4. The summed E-state index contributed by atoms with van der Waals surface area (Å²) in [5.74, 6) is -0.00702. The van der Waals surface area contributed by atoms with Crippen molar-refractivity contribution >= 4 is 17.5 Å². The van der Waals surface area contributed by atoms with Crippen LogP contribution in [0, 0.1) is 0 Å². The van der Waals surface area contributed by atoms with Gasteiger partial charge in [-0.25, -0.2) is 0 Å². The molecule has 2 N–H and O–H groups in total. The van der Waals surface area contributed by atoms with E-state index in [1.165, 1.54) is 0 Å². The van der Waals surface area contributed by atoms with Gasteiger partial charge in [-0.2, -0.15) is 0 Å². The van der Waals surface area contributed by atoms with E-state index in [9.17, 15) is 9.90 Å². The number of carbonyl (C=O) groups excluding carboxylic acids is 1. The highest BCUT2D eigenvalue weighted by Gasteiger charge is 2.35. The van der Waals surface area contributed by atoms with Crippen LogP contribution in [0.2, 0.25) is 5.02 Å². The van der Waals surface area contributed by atoms with Gasteiger partial charge in [0, 0.05) is 18.0 Å². The zero-order valence-corrected chi connectivity index (χ0v) is 10.7. The van der Waals surface area contributed by atoms with Crippen molar-refractivity contribution in [3.05, 3.63) is 34.9 Å². The lowest BCUT2D eigenvalue weighted by atomic mass is 10.1. The highest BCUT2D eigenvalue weighted by Crippen LogP contribution is 2.26. The number of carbonyl (C=O) groups is 1. The predicted octanol–water partition coefficient (Wildman–Crippen LogP) is 1.18. The fourth-order valence-corrected chi connectivity index (χ4v) is 2.49. The van der Waals surface area contributed by atoms with E-state index < -0.39 is 6.10 Å². The van der Waals surface area contributed by atoms with Crippen molar-refractivity contribution in [3.8, 4) is 0 Å². The highest BCUT2D eigenvalue weighted by molar-refractivity contribution is 6.31. The minimum atomic E-state index is -0.890. The van der Waals surface area contributed by atoms with E-state index >= 15 is 0 Å². The molecule has 2 rings (SSSR count). The van der Waals surface area contributed by atoms with E-state index in [1.807, 2.05) is 18.2 Å². The summed E-state index contributed by atoms with van der Waals surface area (Å²) in [5, 5.41) is 19.3. The van der Waals surface area contributed by atoms with E-state index in [-0.39, 0.29) is 18.6 Å². The Bertz CT molecular complexity index is 438. The van der Waals surface area contributed by atoms with Crippen LogP contribution in [0.15, 0.2) is 24.3 Å². The molecule has 1 aromatic carbocycles. The van der Waals surface area contributed by atoms with Gasteiger partial charge in [0.25, 0.3) is 0 Å². The molecule has 2 atom stereocenters. The molecule has 1 heterocycles. The van der Waals surface area contributed by atoms with E-state index in [4.69, 9.17) is 16.7 Å². The average Bonchev–Trinajstić information content (AvgIpc) is 2.73. The van der Waals surface area contributed by atoms with Crippen molar-refractivity contribution in [2.24, 2.45) is 0 Å². The van der Waals surface area contributed by atoms with Crippen LogP contribution >= 0.6 is 11.6 Å². The molecule has 1 saturated heterocycles. The van der Waals surface area contributed by atoms with E-state index in [0.29, 0.717) is 24.4 Å². The Hall–Kier alpha value is -1.10. The first-order valence-corrected chi connectivity index (χ1v) is 6.33. The molecule has 0 bridgehead atoms. The molecule has 1 amide bonds. The molecule has 1 aliphatic heterocycles. The molecule has 1 aromatic rings. The van der Waals surface area contributed by atoms with Crippen molar-refractivity contribution in [3.63, 3.8) is 0 Å². The van der Waals surface area contributed by atoms with Gasteiger partial charge in [-0.3, -0.25) is 4.79 Å². The number of hydrogen-bond acceptors (Lipinski definition) is 3. The Kier molecular flexibility index (Phi) is 4.22. The Balaban J connectivity index is 2.15. The average molecular weight is 270 g/mol. The monoisotopic (exact) mass is 269 g/mol. The smallest absolute Gasteiger partial charge is 0.223 e. The molecule has 4 nitrogen and oxygen atoms in total. The lowest BCUT2D eigenvalue weighted by Gasteiger charge is -2.28. The molecule has 1 aliphatic rings. The largest absolute Gasteiger partial charge is 0.394 e. The first-order valence-electron chi connectivity index (χ1n) is 5.95. The van der Waals surface area contributed by atoms with Crippen molar-refractivity contribution in [2.75, 3.05) is 6.61 Å². The van der Waals surface area contributed by atoms with Crippen LogP contribution in [0.1, 0.15) is 18.4 Å². The zero-order valence-electron chi connectivity index (χ0n) is 9.92. The van der Waals surface area contributed by atoms with Crippen LogP contribution in [-0.2, 0) is 11.3 Å². The second-order valence-electron chi connectivity index (χ2n) is 4.47. The number of aliphatic hydroxyl groups excluding tert-OH is 2. The molecule has 1 fully saturated rings. The Morgan fingerprint density at radius 3 is 2.83 bits per heavy atom. The van der Waals surface area contributed by atoms with Crippen LogP contribution < -0.4 is 0 Å². The zero-order chi connectivity index (χ0) is 13.1. The third kappa shape index (κ3) is 2.66. The van der Waals surface area contributed by atoms with Gasteiger partial charge in [0.15, 0.2) is 0 Å². The third-order valence-electron chi connectivity index (χ3n) is 3.30. The molecule has 18 heavy (non-hydrogen) atoms. The fourth-order valence-electron chi connectivity index (χ4n) is 2.29. The van der Waals surface area contributed by atoms with Gasteiger partial charge in [-0.1, -0.05) is 29.8 Å². The Labute approximate surface area is 111 Å². The number of benzene rings is 1. The number of amides is 1. The number of halogens is 1. The van der Waals surface area contributed by atoms with Crippen molar-refractivity contribution in [1.82, 2.24) is 4.90 Å². The van der Waals surface area contributed by atoms with Crippen LogP contribution in [-0.4, -0.2) is 39.8 Å². The van der Waals surface area contributed by atoms with Crippen LogP contribution in [0.4, 0.5) is 0 Å². The topological polar surface area (TPSA) is 60.8 Å². The molecule has 0 radical (unpaired) electrons. The highest BCUT2D eigenvalue weighted by atomic mass is 35.5. The van der Waals surface area contributed by atoms with Crippen molar-refractivity contribution in [1.29, 1.82) is 0 Å². The maximum absolute atomic E-state index is 11.8. The fraction of sp³-hybridized carbons (Fsp3) is 0.462. The summed E-state index contributed by atoms with van der Waals surface area (Å²) >= 11 is 6.06. The first kappa shape index (κ1) is 13.3. The summed E-state index contributed by atoms with van der Waals surface area (Å²) in [6.07, 6.45) is 0.0935. The summed E-state index contributed by atoms with van der Waals surface area (Å²) in [5.41, 5.74) is 0.851. The van der Waals surface area contributed by atoms with Crippen LogP contribution in [0.3, 0.4) is 0 Å². The molecular weight excluding hydrogens is 254 g/mol. The molecule has 0 saturated carbocycles. The van der Waals surface area contributed by atoms with Gasteiger partial charge >= 0.3 is 0 Å². The summed E-state index contributed by atoms with van der Waals surface area (Å²) < 4.78 is 0. The molecular formula is C13H16ClNO3. The molecule has 98 valence electrons. The van der Waals surface area contributed by atoms with Crippen molar-refractivity contribution in [2.45, 2.75) is 31.5 Å². The summed E-state index contributed by atoms with van der Waals surface area (Å²) in [6, 6.07) is 7.00. The van der Waals surface area contributed by atoms with Crippen LogP contribution in [0.25, 0.3) is 0 Å². The van der Waals surface area contributed by atoms with Gasteiger partial charge < -0.3 is 15.1 Å². The molecule has 5 heteroatoms. The number of aliphatic hydroxyl groups is 2. The van der Waals surface area contributed by atoms with E-state index in [1.54, 1.807) is 11.0 Å². The lowest BCUT2D eigenvalue weighted by Crippen LogP contribution is -2.42. The number of nitrogens with zero attached hydrogens (tertiary/aromatic N) is 1. The first-order chi connectivity index (χ1) is 8.63. The third-order valence-corrected chi connectivity index (χ3v) is 3.67. The van der Waals surface area contributed by atoms with Crippen molar-refractivity contribution < 1.29 is 15.0 Å². The maximum Gasteiger partial charge on any atom is 0.223 e. The standard InChI is InChI=1S/C13H16ClNO3/c14-10-4-2-1-3-9(10)7-15-11(12(17)8-16)5-6-13(15)18/h1-4,11-12,16-17H,5-8H2/t11-,12-/m1/s1. The second-order valence-corrected chi connectivity index (χ2v) is 4.88. The number of rotatable bonds is 4. The number of likely N-dealkylation sites (tertiary alicyclic amines) is 1.